The molecule has 1 fully saturated rings. The van der Waals surface area contributed by atoms with Gasteiger partial charge in [0.2, 0.25) is 0 Å². The first-order valence-corrected chi connectivity index (χ1v) is 6.37. The fourth-order valence-electron chi connectivity index (χ4n) is 2.25. The zero-order chi connectivity index (χ0) is 13.0. The van der Waals surface area contributed by atoms with Crippen LogP contribution in [-0.2, 0) is 6.54 Å². The van der Waals surface area contributed by atoms with Crippen molar-refractivity contribution in [2.75, 3.05) is 13.2 Å². The molecule has 2 N–H and O–H groups in total. The maximum Gasteiger partial charge on any atom is 0.339 e. The largest absolute Gasteiger partial charge is 0.478 e. The smallest absolute Gasteiger partial charge is 0.339 e. The molecule has 5 heteroatoms. The second kappa shape index (κ2) is 6.02. The molecule has 1 aliphatic rings. The monoisotopic (exact) mass is 253 g/mol. The van der Waals surface area contributed by atoms with E-state index in [-0.39, 0.29) is 12.2 Å². The molecule has 1 heterocycles. The van der Waals surface area contributed by atoms with E-state index in [1.165, 1.54) is 18.8 Å². The van der Waals surface area contributed by atoms with E-state index < -0.39 is 5.97 Å². The summed E-state index contributed by atoms with van der Waals surface area (Å²) in [6.45, 7) is 1.45. The van der Waals surface area contributed by atoms with Gasteiger partial charge in [-0.15, -0.1) is 0 Å². The van der Waals surface area contributed by atoms with E-state index in [2.05, 4.69) is 4.90 Å². The molecule has 0 spiro atoms. The third-order valence-electron chi connectivity index (χ3n) is 3.52. The summed E-state index contributed by atoms with van der Waals surface area (Å²) >= 11 is 0. The second-order valence-electron chi connectivity index (χ2n) is 4.69. The molecule has 1 aromatic rings. The minimum absolute atomic E-state index is 0.160. The average molecular weight is 253 g/mol. The van der Waals surface area contributed by atoms with Gasteiger partial charge in [-0.25, -0.2) is 4.79 Å². The molecule has 0 bridgehead atoms. The van der Waals surface area contributed by atoms with Crippen LogP contribution in [0.25, 0.3) is 0 Å². The molecule has 2 rings (SSSR count). The number of rotatable bonds is 7. The van der Waals surface area contributed by atoms with Gasteiger partial charge < -0.3 is 14.6 Å². The molecule has 0 atom stereocenters. The Morgan fingerprint density at radius 1 is 1.50 bits per heavy atom. The molecule has 18 heavy (non-hydrogen) atoms. The van der Waals surface area contributed by atoms with Crippen LogP contribution in [0.3, 0.4) is 0 Å². The summed E-state index contributed by atoms with van der Waals surface area (Å²) in [5, 5.41) is 17.9. The third-order valence-corrected chi connectivity index (χ3v) is 3.52. The van der Waals surface area contributed by atoms with Crippen LogP contribution < -0.4 is 0 Å². The summed E-state index contributed by atoms with van der Waals surface area (Å²) in [4.78, 5) is 13.2. The summed E-state index contributed by atoms with van der Waals surface area (Å²) in [7, 11) is 0. The molecular formula is C13H19NO4. The van der Waals surface area contributed by atoms with E-state index in [1.807, 2.05) is 0 Å². The van der Waals surface area contributed by atoms with Crippen LogP contribution in [0.4, 0.5) is 0 Å². The highest BCUT2D eigenvalue weighted by molar-refractivity contribution is 5.88. The van der Waals surface area contributed by atoms with Crippen LogP contribution in [0.5, 0.6) is 0 Å². The first-order chi connectivity index (χ1) is 8.72. The van der Waals surface area contributed by atoms with Crippen molar-refractivity contribution in [3.8, 4) is 0 Å². The molecule has 100 valence electrons. The van der Waals surface area contributed by atoms with Crippen molar-refractivity contribution in [1.82, 2.24) is 4.90 Å². The summed E-state index contributed by atoms with van der Waals surface area (Å²) in [6.07, 6.45) is 5.65. The van der Waals surface area contributed by atoms with Crippen LogP contribution in [0.1, 0.15) is 41.8 Å². The quantitative estimate of drug-likeness (QED) is 0.774. The topological polar surface area (TPSA) is 73.9 Å². The fraction of sp³-hybridized carbons (Fsp3) is 0.615. The van der Waals surface area contributed by atoms with Gasteiger partial charge in [0.15, 0.2) is 0 Å². The van der Waals surface area contributed by atoms with Gasteiger partial charge in [0.05, 0.1) is 12.8 Å². The van der Waals surface area contributed by atoms with Gasteiger partial charge >= 0.3 is 5.97 Å². The number of hydrogen-bond acceptors (Lipinski definition) is 4. The number of aliphatic hydroxyl groups is 1. The number of aromatic carboxylic acids is 1. The molecule has 1 saturated carbocycles. The van der Waals surface area contributed by atoms with Gasteiger partial charge in [0.1, 0.15) is 11.3 Å². The lowest BCUT2D eigenvalue weighted by atomic mass is 9.91. The van der Waals surface area contributed by atoms with Gasteiger partial charge in [0.25, 0.3) is 0 Å². The summed E-state index contributed by atoms with van der Waals surface area (Å²) in [6, 6.07) is 1.99. The van der Waals surface area contributed by atoms with E-state index in [0.717, 1.165) is 19.4 Å². The Morgan fingerprint density at radius 3 is 2.83 bits per heavy atom. The minimum atomic E-state index is -0.950. The lowest BCUT2D eigenvalue weighted by Gasteiger charge is -2.37. The van der Waals surface area contributed by atoms with E-state index in [1.54, 1.807) is 0 Å². The second-order valence-corrected chi connectivity index (χ2v) is 4.69. The lowest BCUT2D eigenvalue weighted by molar-refractivity contribution is 0.0684. The maximum absolute atomic E-state index is 11.0. The molecular weight excluding hydrogens is 234 g/mol. The van der Waals surface area contributed by atoms with Gasteiger partial charge in [-0.05, 0) is 25.3 Å². The highest BCUT2D eigenvalue weighted by Gasteiger charge is 2.26. The molecule has 0 amide bonds. The zero-order valence-corrected chi connectivity index (χ0v) is 10.3. The van der Waals surface area contributed by atoms with Crippen molar-refractivity contribution in [2.45, 2.75) is 38.3 Å². The van der Waals surface area contributed by atoms with Crippen molar-refractivity contribution in [3.63, 3.8) is 0 Å². The highest BCUT2D eigenvalue weighted by Crippen LogP contribution is 2.27. The first kappa shape index (κ1) is 13.1. The Labute approximate surface area is 106 Å². The minimum Gasteiger partial charge on any atom is -0.478 e. The number of nitrogens with zero attached hydrogens (tertiary/aromatic N) is 1. The predicted octanol–water partition coefficient (Wildman–Crippen LogP) is 1.71. The van der Waals surface area contributed by atoms with E-state index in [0.29, 0.717) is 24.8 Å². The van der Waals surface area contributed by atoms with Crippen LogP contribution in [0.2, 0.25) is 0 Å². The van der Waals surface area contributed by atoms with Crippen molar-refractivity contribution in [1.29, 1.82) is 0 Å². The van der Waals surface area contributed by atoms with Gasteiger partial charge in [0, 0.05) is 19.2 Å². The van der Waals surface area contributed by atoms with E-state index >= 15 is 0 Å². The molecule has 1 aliphatic carbocycles. The average Bonchev–Trinajstić information content (AvgIpc) is 2.71. The zero-order valence-electron chi connectivity index (χ0n) is 10.3. The molecule has 0 saturated heterocycles. The number of carbonyl (C=O) groups is 1. The lowest BCUT2D eigenvalue weighted by Crippen LogP contribution is -2.40. The molecule has 0 radical (unpaired) electrons. The normalized spacial score (nSPS) is 15.9. The number of carboxylic acid groups (broad SMARTS) is 1. The Balaban J connectivity index is 2.02. The Bertz CT molecular complexity index is 397. The number of furan rings is 1. The summed E-state index contributed by atoms with van der Waals surface area (Å²) < 4.78 is 5.27. The van der Waals surface area contributed by atoms with Gasteiger partial charge in [-0.2, -0.15) is 0 Å². The number of hydrogen-bond donors (Lipinski definition) is 2. The Kier molecular flexibility index (Phi) is 4.38. The molecule has 0 aliphatic heterocycles. The van der Waals surface area contributed by atoms with Crippen LogP contribution in [0.15, 0.2) is 16.7 Å². The SMILES string of the molecule is O=C(O)c1ccoc1CN(CCCO)C1CCC1. The van der Waals surface area contributed by atoms with Gasteiger partial charge in [-0.3, -0.25) is 4.90 Å². The third kappa shape index (κ3) is 2.91. The number of aliphatic hydroxyl groups excluding tert-OH is 1. The van der Waals surface area contributed by atoms with Crippen molar-refractivity contribution < 1.29 is 19.4 Å². The van der Waals surface area contributed by atoms with E-state index in [4.69, 9.17) is 14.6 Å². The van der Waals surface area contributed by atoms with Crippen LogP contribution in [0, 0.1) is 0 Å². The Hall–Kier alpha value is -1.33. The molecule has 0 aromatic carbocycles. The standard InChI is InChI=1S/C13H19NO4/c15-7-2-6-14(10-3-1-4-10)9-12-11(13(16)17)5-8-18-12/h5,8,10,15H,1-4,6-7,9H2,(H,16,17). The first-order valence-electron chi connectivity index (χ1n) is 6.37. The summed E-state index contributed by atoms with van der Waals surface area (Å²) in [5.41, 5.74) is 0.239. The van der Waals surface area contributed by atoms with E-state index in [9.17, 15) is 4.79 Å². The van der Waals surface area contributed by atoms with Crippen molar-refractivity contribution in [3.05, 3.63) is 23.7 Å². The summed E-state index contributed by atoms with van der Waals surface area (Å²) in [5.74, 6) is -0.443. The fourth-order valence-corrected chi connectivity index (χ4v) is 2.25. The Morgan fingerprint density at radius 2 is 2.28 bits per heavy atom. The molecule has 5 nitrogen and oxygen atoms in total. The van der Waals surface area contributed by atoms with Crippen LogP contribution >= 0.6 is 0 Å². The maximum atomic E-state index is 11.0. The highest BCUT2D eigenvalue weighted by atomic mass is 16.4. The number of carboxylic acids is 1. The van der Waals surface area contributed by atoms with Crippen LogP contribution in [-0.4, -0.2) is 40.3 Å². The molecule has 0 unspecified atom stereocenters. The van der Waals surface area contributed by atoms with Crippen molar-refractivity contribution in [2.24, 2.45) is 0 Å². The van der Waals surface area contributed by atoms with Gasteiger partial charge in [-0.1, -0.05) is 6.42 Å². The molecule has 1 aromatic heterocycles. The van der Waals surface area contributed by atoms with Crippen molar-refractivity contribution >= 4 is 5.97 Å². The predicted molar refractivity (Wildman–Crippen MR) is 65.4 cm³/mol.